The van der Waals surface area contributed by atoms with E-state index in [0.717, 1.165) is 60.4 Å². The van der Waals surface area contributed by atoms with Crippen LogP contribution < -0.4 is 0 Å². The number of rotatable bonds is 6. The molecule has 0 amide bonds. The van der Waals surface area contributed by atoms with Crippen molar-refractivity contribution in [1.29, 1.82) is 0 Å². The maximum Gasteiger partial charge on any atom is 0.164 e. The van der Waals surface area contributed by atoms with Crippen LogP contribution in [0.4, 0.5) is 0 Å². The summed E-state index contributed by atoms with van der Waals surface area (Å²) in [4.78, 5) is 15.6. The van der Waals surface area contributed by atoms with Gasteiger partial charge in [-0.1, -0.05) is 152 Å². The van der Waals surface area contributed by atoms with E-state index < -0.39 is 0 Å². The lowest BCUT2D eigenvalue weighted by Crippen LogP contribution is -2.01. The molecule has 326 valence electrons. The number of hydrogen-bond donors (Lipinski definition) is 0. The minimum Gasteiger partial charge on any atom is -0.309 e. The highest BCUT2D eigenvalue weighted by atomic mass is 32.1. The van der Waals surface area contributed by atoms with Crippen molar-refractivity contribution < 1.29 is 0 Å². The summed E-state index contributed by atoms with van der Waals surface area (Å²) >= 11 is 1.82. The molecule has 15 aromatic rings. The summed E-state index contributed by atoms with van der Waals surface area (Å²) in [5.41, 5.74) is 13.2. The lowest BCUT2D eigenvalue weighted by atomic mass is 10.0. The van der Waals surface area contributed by atoms with Crippen molar-refractivity contribution >= 4 is 96.9 Å². The van der Waals surface area contributed by atoms with Gasteiger partial charge in [0.1, 0.15) is 0 Å². The largest absolute Gasteiger partial charge is 0.309 e. The Morgan fingerprint density at radius 3 is 1.41 bits per heavy atom. The number of aromatic nitrogens is 6. The normalized spacial score (nSPS) is 12.0. The van der Waals surface area contributed by atoms with E-state index >= 15 is 0 Å². The van der Waals surface area contributed by atoms with E-state index in [2.05, 4.69) is 208 Å². The third kappa shape index (κ3) is 5.76. The minimum absolute atomic E-state index is 0.639. The van der Waals surface area contributed by atoms with Gasteiger partial charge in [0, 0.05) is 75.9 Å². The SMILES string of the molecule is c1ccc(-c2nc(-c3ccccc3)nc(-c3ccc(-n4c5ccc(-n6c7ccccc7c7ccccc76)cc5c5cc6c7ccccc7n(-c7ccccc7)c6cc54)c4sc5ccccc5c34)n2)cc1. The first-order valence-corrected chi connectivity index (χ1v) is 24.4. The van der Waals surface area contributed by atoms with Crippen molar-refractivity contribution in [3.63, 3.8) is 0 Å². The summed E-state index contributed by atoms with van der Waals surface area (Å²) in [6, 6.07) is 82.7. The zero-order chi connectivity index (χ0) is 45.9. The second kappa shape index (κ2) is 15.2. The van der Waals surface area contributed by atoms with Crippen LogP contribution in [0.25, 0.3) is 137 Å². The molecule has 0 radical (unpaired) electrons. The molecule has 7 heteroatoms. The van der Waals surface area contributed by atoms with Crippen LogP contribution in [0, 0.1) is 0 Å². The summed E-state index contributed by atoms with van der Waals surface area (Å²) in [6.07, 6.45) is 0. The molecule has 0 bridgehead atoms. The maximum absolute atomic E-state index is 5.27. The van der Waals surface area contributed by atoms with Crippen LogP contribution in [-0.2, 0) is 0 Å². The molecule has 0 fully saturated rings. The molecular weight excluding hydrogens is 873 g/mol. The molecule has 0 spiro atoms. The van der Waals surface area contributed by atoms with Crippen LogP contribution in [0.5, 0.6) is 0 Å². The third-order valence-electron chi connectivity index (χ3n) is 14.1. The summed E-state index contributed by atoms with van der Waals surface area (Å²) in [6.45, 7) is 0. The molecule has 0 N–H and O–H groups in total. The van der Waals surface area contributed by atoms with Crippen LogP contribution in [0.2, 0.25) is 0 Å². The van der Waals surface area contributed by atoms with Crippen molar-refractivity contribution in [1.82, 2.24) is 28.7 Å². The van der Waals surface area contributed by atoms with Crippen molar-refractivity contribution in [2.75, 3.05) is 0 Å². The van der Waals surface area contributed by atoms with Crippen molar-refractivity contribution in [3.8, 4) is 51.2 Å². The van der Waals surface area contributed by atoms with Crippen LogP contribution in [-0.4, -0.2) is 28.7 Å². The van der Waals surface area contributed by atoms with Gasteiger partial charge in [-0.15, -0.1) is 11.3 Å². The number of benzene rings is 10. The van der Waals surface area contributed by atoms with Gasteiger partial charge in [-0.3, -0.25) is 0 Å². The number of hydrogen-bond acceptors (Lipinski definition) is 4. The Hall–Kier alpha value is -9.17. The van der Waals surface area contributed by atoms with Gasteiger partial charge in [0.05, 0.1) is 43.5 Å². The standard InChI is InChI=1S/C63H38N6S/c1-4-18-39(19-5-1)61-64-62(40-20-6-2-7-21-40)66-63(65-61)47-33-35-55(60-59(47)46-27-13-17-31-58(46)70-60)69-54-34-32-42(68-51-28-14-10-24-43(51)44-25-11-15-29-52(44)68)36-48(54)50-37-49-45-26-12-16-30-53(45)67(56(49)38-57(50)69)41-22-8-3-9-23-41/h1-38H. The average Bonchev–Trinajstić information content (AvgIpc) is 4.17. The smallest absolute Gasteiger partial charge is 0.164 e. The topological polar surface area (TPSA) is 53.5 Å². The summed E-state index contributed by atoms with van der Waals surface area (Å²) < 4.78 is 9.72. The van der Waals surface area contributed by atoms with Gasteiger partial charge in [-0.2, -0.15) is 0 Å². The van der Waals surface area contributed by atoms with Gasteiger partial charge in [0.15, 0.2) is 17.5 Å². The molecule has 70 heavy (non-hydrogen) atoms. The van der Waals surface area contributed by atoms with Gasteiger partial charge in [-0.25, -0.2) is 15.0 Å². The van der Waals surface area contributed by atoms with Crippen molar-refractivity contribution in [2.24, 2.45) is 0 Å². The van der Waals surface area contributed by atoms with E-state index in [1.807, 2.05) is 47.7 Å². The first kappa shape index (κ1) is 38.9. The Morgan fingerprint density at radius 2 is 0.771 bits per heavy atom. The highest BCUT2D eigenvalue weighted by molar-refractivity contribution is 7.26. The van der Waals surface area contributed by atoms with Gasteiger partial charge < -0.3 is 13.7 Å². The molecule has 0 aliphatic heterocycles. The second-order valence-electron chi connectivity index (χ2n) is 18.0. The first-order chi connectivity index (χ1) is 34.7. The van der Waals surface area contributed by atoms with Gasteiger partial charge >= 0.3 is 0 Å². The molecule has 10 aromatic carbocycles. The van der Waals surface area contributed by atoms with E-state index in [1.165, 1.54) is 59.0 Å². The Balaban J connectivity index is 1.05. The highest BCUT2D eigenvalue weighted by Crippen LogP contribution is 2.47. The summed E-state index contributed by atoms with van der Waals surface area (Å²) in [7, 11) is 0. The molecular formula is C63H38N6S. The van der Waals surface area contributed by atoms with Crippen molar-refractivity contribution in [3.05, 3.63) is 231 Å². The number of thiophene rings is 1. The van der Waals surface area contributed by atoms with Crippen LogP contribution in [0.1, 0.15) is 0 Å². The molecule has 0 saturated heterocycles. The molecule has 6 nitrogen and oxygen atoms in total. The summed E-state index contributed by atoms with van der Waals surface area (Å²) in [5.74, 6) is 1.92. The Kier molecular flexibility index (Phi) is 8.43. The predicted molar refractivity (Wildman–Crippen MR) is 292 cm³/mol. The van der Waals surface area contributed by atoms with Crippen LogP contribution in [0.15, 0.2) is 231 Å². The van der Waals surface area contributed by atoms with Crippen LogP contribution in [0.3, 0.4) is 0 Å². The van der Waals surface area contributed by atoms with Crippen LogP contribution >= 0.6 is 11.3 Å². The van der Waals surface area contributed by atoms with E-state index in [1.54, 1.807) is 0 Å². The Labute approximate surface area is 405 Å². The molecule has 0 aliphatic carbocycles. The van der Waals surface area contributed by atoms with Gasteiger partial charge in [0.2, 0.25) is 0 Å². The fourth-order valence-corrected chi connectivity index (χ4v) is 12.3. The quantitative estimate of drug-likeness (QED) is 0.167. The van der Waals surface area contributed by atoms with E-state index in [9.17, 15) is 0 Å². The second-order valence-corrected chi connectivity index (χ2v) is 19.0. The number of para-hydroxylation sites is 4. The zero-order valence-electron chi connectivity index (χ0n) is 37.5. The lowest BCUT2D eigenvalue weighted by Gasteiger charge is -2.14. The fourth-order valence-electron chi connectivity index (χ4n) is 11.0. The first-order valence-electron chi connectivity index (χ1n) is 23.6. The maximum atomic E-state index is 5.27. The average molecular weight is 911 g/mol. The monoisotopic (exact) mass is 910 g/mol. The third-order valence-corrected chi connectivity index (χ3v) is 15.3. The molecule has 5 heterocycles. The van der Waals surface area contributed by atoms with Gasteiger partial charge in [0.25, 0.3) is 0 Å². The molecule has 0 aliphatic rings. The summed E-state index contributed by atoms with van der Waals surface area (Å²) in [5, 5.41) is 9.60. The molecule has 0 atom stereocenters. The number of fused-ring (bicyclic) bond motifs is 12. The predicted octanol–water partition coefficient (Wildman–Crippen LogP) is 16.5. The Bertz CT molecular complexity index is 4470. The molecule has 0 unspecified atom stereocenters. The fraction of sp³-hybridized carbons (Fsp3) is 0. The lowest BCUT2D eigenvalue weighted by molar-refractivity contribution is 1.08. The minimum atomic E-state index is 0.639. The molecule has 5 aromatic heterocycles. The van der Waals surface area contributed by atoms with E-state index in [4.69, 9.17) is 15.0 Å². The van der Waals surface area contributed by atoms with E-state index in [-0.39, 0.29) is 0 Å². The van der Waals surface area contributed by atoms with Gasteiger partial charge in [-0.05, 0) is 78.9 Å². The van der Waals surface area contributed by atoms with Crippen molar-refractivity contribution in [2.45, 2.75) is 0 Å². The number of nitrogens with zero attached hydrogens (tertiary/aromatic N) is 6. The Morgan fingerprint density at radius 1 is 0.300 bits per heavy atom. The zero-order valence-corrected chi connectivity index (χ0v) is 38.3. The highest BCUT2D eigenvalue weighted by Gasteiger charge is 2.24. The molecule has 15 rings (SSSR count). The molecule has 0 saturated carbocycles. The van der Waals surface area contributed by atoms with E-state index in [0.29, 0.717) is 17.5 Å².